The average Bonchev–Trinajstić information content (AvgIpc) is 3.36. The second-order valence-electron chi connectivity index (χ2n) is 7.89. The normalized spacial score (nSPS) is 13.5. The first-order valence-corrected chi connectivity index (χ1v) is 10.7. The van der Waals surface area contributed by atoms with Crippen molar-refractivity contribution < 1.29 is 9.18 Å². The lowest BCUT2D eigenvalue weighted by Gasteiger charge is -2.20. The summed E-state index contributed by atoms with van der Waals surface area (Å²) in [6.45, 7) is 1.79. The van der Waals surface area contributed by atoms with Crippen molar-refractivity contribution in [2.24, 2.45) is 0 Å². The molecule has 0 bridgehead atoms. The first-order chi connectivity index (χ1) is 15.7. The molecule has 1 saturated heterocycles. The second-order valence-corrected chi connectivity index (χ2v) is 7.89. The molecule has 0 aliphatic carbocycles. The zero-order valence-corrected chi connectivity index (χ0v) is 17.5. The third kappa shape index (κ3) is 4.27. The molecule has 1 aliphatic rings. The van der Waals surface area contributed by atoms with Crippen LogP contribution in [0, 0.1) is 5.82 Å². The number of halogens is 1. The van der Waals surface area contributed by atoms with Gasteiger partial charge in [-0.2, -0.15) is 0 Å². The van der Waals surface area contributed by atoms with Crippen LogP contribution in [0.4, 0.5) is 15.9 Å². The van der Waals surface area contributed by atoms with E-state index >= 15 is 0 Å². The van der Waals surface area contributed by atoms with Crippen molar-refractivity contribution in [2.75, 3.05) is 23.3 Å². The molecule has 0 radical (unpaired) electrons. The van der Waals surface area contributed by atoms with E-state index in [1.165, 1.54) is 12.1 Å². The Balaban J connectivity index is 1.37. The van der Waals surface area contributed by atoms with E-state index in [9.17, 15) is 9.18 Å². The number of hydrogen-bond acceptors (Lipinski definition) is 5. The van der Waals surface area contributed by atoms with Gasteiger partial charge in [0.25, 0.3) is 5.91 Å². The molecule has 0 unspecified atom stereocenters. The van der Waals surface area contributed by atoms with Gasteiger partial charge >= 0.3 is 0 Å². The van der Waals surface area contributed by atoms with E-state index in [1.54, 1.807) is 24.5 Å². The van der Waals surface area contributed by atoms with Crippen molar-refractivity contribution in [2.45, 2.75) is 19.3 Å². The Morgan fingerprint density at radius 3 is 2.47 bits per heavy atom. The summed E-state index contributed by atoms with van der Waals surface area (Å²) < 4.78 is 13.1. The Labute approximate surface area is 185 Å². The van der Waals surface area contributed by atoms with Crippen LogP contribution in [-0.2, 0) is 6.42 Å². The Morgan fingerprint density at radius 2 is 1.72 bits per heavy atom. The van der Waals surface area contributed by atoms with Crippen molar-refractivity contribution in [3.8, 4) is 0 Å². The monoisotopic (exact) mass is 427 g/mol. The SMILES string of the molecule is O=C(Nc1cnc(Cc2ccc(F)cc2)nc1)c1cc2ccccc2nc1N1CCCC1. The van der Waals surface area contributed by atoms with Gasteiger partial charge in [0.15, 0.2) is 0 Å². The number of aromatic nitrogens is 3. The number of nitrogens with one attached hydrogen (secondary N) is 1. The van der Waals surface area contributed by atoms with E-state index in [0.29, 0.717) is 29.3 Å². The third-order valence-corrected chi connectivity index (χ3v) is 5.59. The highest BCUT2D eigenvalue weighted by molar-refractivity contribution is 6.09. The fourth-order valence-electron chi connectivity index (χ4n) is 3.94. The first kappa shape index (κ1) is 20.1. The number of pyridine rings is 1. The lowest BCUT2D eigenvalue weighted by Crippen LogP contribution is -2.24. The zero-order chi connectivity index (χ0) is 21.9. The number of amides is 1. The number of carbonyl (C=O) groups excluding carboxylic acids is 1. The molecule has 5 rings (SSSR count). The number of anilines is 2. The smallest absolute Gasteiger partial charge is 0.259 e. The Bertz CT molecular complexity index is 1250. The fraction of sp³-hybridized carbons (Fsp3) is 0.200. The van der Waals surface area contributed by atoms with Gasteiger partial charge in [-0.15, -0.1) is 0 Å². The third-order valence-electron chi connectivity index (χ3n) is 5.59. The largest absolute Gasteiger partial charge is 0.356 e. The molecule has 0 saturated carbocycles. The van der Waals surface area contributed by atoms with Crippen LogP contribution >= 0.6 is 0 Å². The number of rotatable bonds is 5. The molecule has 1 aliphatic heterocycles. The number of para-hydroxylation sites is 1. The van der Waals surface area contributed by atoms with Crippen molar-refractivity contribution in [3.05, 3.63) is 89.8 Å². The highest BCUT2D eigenvalue weighted by Crippen LogP contribution is 2.27. The molecule has 3 heterocycles. The molecule has 160 valence electrons. The maximum Gasteiger partial charge on any atom is 0.259 e. The minimum atomic E-state index is -0.274. The van der Waals surface area contributed by atoms with Crippen LogP contribution in [0.2, 0.25) is 0 Å². The van der Waals surface area contributed by atoms with Crippen molar-refractivity contribution in [3.63, 3.8) is 0 Å². The van der Waals surface area contributed by atoms with E-state index < -0.39 is 0 Å². The molecular weight excluding hydrogens is 405 g/mol. The van der Waals surface area contributed by atoms with E-state index in [2.05, 4.69) is 20.2 Å². The predicted octanol–water partition coefficient (Wildman–Crippen LogP) is 4.61. The summed E-state index contributed by atoms with van der Waals surface area (Å²) in [5, 5.41) is 3.83. The molecule has 2 aromatic heterocycles. The Kier molecular flexibility index (Phi) is 5.46. The van der Waals surface area contributed by atoms with E-state index in [-0.39, 0.29) is 11.7 Å². The number of fused-ring (bicyclic) bond motifs is 1. The van der Waals surface area contributed by atoms with Crippen molar-refractivity contribution in [1.82, 2.24) is 15.0 Å². The topological polar surface area (TPSA) is 71.0 Å². The average molecular weight is 427 g/mol. The summed E-state index contributed by atoms with van der Waals surface area (Å²) in [4.78, 5) is 28.8. The van der Waals surface area contributed by atoms with Gasteiger partial charge in [-0.25, -0.2) is 19.3 Å². The number of benzene rings is 2. The molecule has 7 heteroatoms. The molecule has 1 fully saturated rings. The maximum atomic E-state index is 13.2. The maximum absolute atomic E-state index is 13.2. The van der Waals surface area contributed by atoms with Gasteiger partial charge in [0.1, 0.15) is 17.5 Å². The van der Waals surface area contributed by atoms with Gasteiger partial charge < -0.3 is 10.2 Å². The van der Waals surface area contributed by atoms with E-state index in [1.807, 2.05) is 30.3 Å². The molecule has 1 amide bonds. The quantitative estimate of drug-likeness (QED) is 0.504. The van der Waals surface area contributed by atoms with E-state index in [4.69, 9.17) is 4.98 Å². The van der Waals surface area contributed by atoms with Crippen LogP contribution in [0.1, 0.15) is 34.6 Å². The molecule has 32 heavy (non-hydrogen) atoms. The van der Waals surface area contributed by atoms with Crippen LogP contribution < -0.4 is 10.2 Å². The van der Waals surface area contributed by atoms with Crippen LogP contribution in [-0.4, -0.2) is 33.9 Å². The molecule has 1 N–H and O–H groups in total. The van der Waals surface area contributed by atoms with Crippen LogP contribution in [0.15, 0.2) is 67.0 Å². The van der Waals surface area contributed by atoms with E-state index in [0.717, 1.165) is 42.4 Å². The molecule has 0 atom stereocenters. The van der Waals surface area contributed by atoms with Crippen molar-refractivity contribution in [1.29, 1.82) is 0 Å². The van der Waals surface area contributed by atoms with Gasteiger partial charge in [-0.3, -0.25) is 4.79 Å². The molecule has 4 aromatic rings. The lowest BCUT2D eigenvalue weighted by molar-refractivity contribution is 0.102. The van der Waals surface area contributed by atoms with Crippen LogP contribution in [0.25, 0.3) is 10.9 Å². The minimum Gasteiger partial charge on any atom is -0.356 e. The predicted molar refractivity (Wildman–Crippen MR) is 122 cm³/mol. The summed E-state index contributed by atoms with van der Waals surface area (Å²) in [5.41, 5.74) is 2.85. The van der Waals surface area contributed by atoms with Gasteiger partial charge in [0, 0.05) is 24.9 Å². The fourth-order valence-corrected chi connectivity index (χ4v) is 3.94. The highest BCUT2D eigenvalue weighted by Gasteiger charge is 2.22. The summed E-state index contributed by atoms with van der Waals surface area (Å²) >= 11 is 0. The van der Waals surface area contributed by atoms with Gasteiger partial charge in [0.2, 0.25) is 0 Å². The highest BCUT2D eigenvalue weighted by atomic mass is 19.1. The van der Waals surface area contributed by atoms with Gasteiger partial charge in [-0.1, -0.05) is 30.3 Å². The zero-order valence-electron chi connectivity index (χ0n) is 17.5. The standard InChI is InChI=1S/C25H22FN5O/c26-19-9-7-17(8-10-19)13-23-27-15-20(16-28-23)29-25(32)21-14-18-5-1-2-6-22(18)30-24(21)31-11-3-4-12-31/h1-2,5-10,14-16H,3-4,11-13H2,(H,29,32). The summed E-state index contributed by atoms with van der Waals surface area (Å²) in [6, 6.07) is 16.0. The Morgan fingerprint density at radius 1 is 1.00 bits per heavy atom. The minimum absolute atomic E-state index is 0.236. The van der Waals surface area contributed by atoms with Gasteiger partial charge in [0.05, 0.1) is 29.2 Å². The lowest BCUT2D eigenvalue weighted by atomic mass is 10.1. The molecule has 0 spiro atoms. The van der Waals surface area contributed by atoms with Gasteiger partial charge in [-0.05, 0) is 42.7 Å². The first-order valence-electron chi connectivity index (χ1n) is 10.7. The van der Waals surface area contributed by atoms with Crippen molar-refractivity contribution >= 4 is 28.3 Å². The summed E-state index contributed by atoms with van der Waals surface area (Å²) in [5.74, 6) is 0.802. The summed E-state index contributed by atoms with van der Waals surface area (Å²) in [6.07, 6.45) is 5.86. The number of carbonyl (C=O) groups is 1. The summed E-state index contributed by atoms with van der Waals surface area (Å²) in [7, 11) is 0. The molecular formula is C25H22FN5O. The van der Waals surface area contributed by atoms with Crippen LogP contribution in [0.3, 0.4) is 0 Å². The molecule has 2 aromatic carbocycles. The van der Waals surface area contributed by atoms with Crippen LogP contribution in [0.5, 0.6) is 0 Å². The number of hydrogen-bond donors (Lipinski definition) is 1. The second kappa shape index (κ2) is 8.70. The Hall–Kier alpha value is -3.87. The number of nitrogens with zero attached hydrogens (tertiary/aromatic N) is 4. The molecule has 6 nitrogen and oxygen atoms in total.